The van der Waals surface area contributed by atoms with Gasteiger partial charge in [0.15, 0.2) is 5.65 Å². The Labute approximate surface area is 163 Å². The summed E-state index contributed by atoms with van der Waals surface area (Å²) in [5, 5.41) is 7.92. The van der Waals surface area contributed by atoms with E-state index in [0.29, 0.717) is 27.9 Å². The fourth-order valence-electron chi connectivity index (χ4n) is 3.17. The summed E-state index contributed by atoms with van der Waals surface area (Å²) in [4.78, 5) is 32.6. The lowest BCUT2D eigenvalue weighted by Gasteiger charge is -2.11. The second-order valence-electron chi connectivity index (χ2n) is 7.38. The van der Waals surface area contributed by atoms with Gasteiger partial charge in [0.05, 0.1) is 22.8 Å². The maximum absolute atomic E-state index is 13.0. The van der Waals surface area contributed by atoms with Crippen LogP contribution in [0.25, 0.3) is 16.6 Å². The molecule has 0 aliphatic carbocycles. The van der Waals surface area contributed by atoms with Crippen LogP contribution < -0.4 is 10.9 Å². The standard InChI is InChI=1S/C21H25N5O2/c1-11(2)18-8-15(17-10-23-26(12(3)4)19(17)25-18)20(27)22-9-16-13(5)7-14(6)24-21(16)28/h7-8,10,12H,1,9H2,2-6H3,(H,22,27)(H,24,28). The average Bonchev–Trinajstić information content (AvgIpc) is 3.03. The number of H-pyrrole nitrogens is 1. The molecule has 3 heterocycles. The Bertz CT molecular complexity index is 1140. The van der Waals surface area contributed by atoms with Crippen LogP contribution in [0, 0.1) is 13.8 Å². The number of fused-ring (bicyclic) bond motifs is 1. The fourth-order valence-corrected chi connectivity index (χ4v) is 3.17. The molecule has 0 fully saturated rings. The molecule has 0 atom stereocenters. The average molecular weight is 379 g/mol. The van der Waals surface area contributed by atoms with Gasteiger partial charge in [-0.1, -0.05) is 6.58 Å². The van der Waals surface area contributed by atoms with E-state index in [2.05, 4.69) is 27.0 Å². The summed E-state index contributed by atoms with van der Waals surface area (Å²) < 4.78 is 1.79. The molecule has 28 heavy (non-hydrogen) atoms. The SMILES string of the molecule is C=C(C)c1cc(C(=O)NCc2c(C)cc(C)[nH]c2=O)c2cnn(C(C)C)c2n1. The topological polar surface area (TPSA) is 92.7 Å². The summed E-state index contributed by atoms with van der Waals surface area (Å²) in [5.74, 6) is -0.280. The molecule has 0 aromatic carbocycles. The van der Waals surface area contributed by atoms with Crippen LogP contribution in [0.1, 0.15) is 59.7 Å². The van der Waals surface area contributed by atoms with E-state index in [-0.39, 0.29) is 24.1 Å². The minimum absolute atomic E-state index is 0.107. The van der Waals surface area contributed by atoms with Crippen LogP contribution in [0.4, 0.5) is 0 Å². The van der Waals surface area contributed by atoms with Gasteiger partial charge in [0.2, 0.25) is 0 Å². The summed E-state index contributed by atoms with van der Waals surface area (Å²) in [6, 6.07) is 3.72. The van der Waals surface area contributed by atoms with Crippen LogP contribution in [0.15, 0.2) is 29.7 Å². The van der Waals surface area contributed by atoms with E-state index in [1.54, 1.807) is 16.9 Å². The number of carbonyl (C=O) groups excluding carboxylic acids is 1. The third-order valence-electron chi connectivity index (χ3n) is 4.66. The first-order valence-corrected chi connectivity index (χ1v) is 9.20. The number of pyridine rings is 2. The van der Waals surface area contributed by atoms with Crippen LogP contribution in [0.3, 0.4) is 0 Å². The molecule has 3 aromatic heterocycles. The molecular weight excluding hydrogens is 354 g/mol. The van der Waals surface area contributed by atoms with E-state index in [1.807, 2.05) is 40.7 Å². The van der Waals surface area contributed by atoms with Gasteiger partial charge >= 0.3 is 0 Å². The lowest BCUT2D eigenvalue weighted by atomic mass is 10.1. The Hall–Kier alpha value is -3.22. The number of allylic oxidation sites excluding steroid dienone is 1. The highest BCUT2D eigenvalue weighted by Crippen LogP contribution is 2.23. The lowest BCUT2D eigenvalue weighted by molar-refractivity contribution is 0.0952. The number of amides is 1. The highest BCUT2D eigenvalue weighted by atomic mass is 16.1. The van der Waals surface area contributed by atoms with Gasteiger partial charge in [0.25, 0.3) is 11.5 Å². The van der Waals surface area contributed by atoms with E-state index in [1.165, 1.54) is 0 Å². The van der Waals surface area contributed by atoms with Crippen LogP contribution in [-0.4, -0.2) is 25.7 Å². The van der Waals surface area contributed by atoms with Crippen molar-refractivity contribution >= 4 is 22.5 Å². The van der Waals surface area contributed by atoms with Gasteiger partial charge in [-0.05, 0) is 57.9 Å². The zero-order chi connectivity index (χ0) is 20.6. The van der Waals surface area contributed by atoms with Crippen molar-refractivity contribution in [2.75, 3.05) is 0 Å². The first-order valence-electron chi connectivity index (χ1n) is 9.20. The number of aromatic amines is 1. The van der Waals surface area contributed by atoms with E-state index >= 15 is 0 Å². The Morgan fingerprint density at radius 1 is 1.32 bits per heavy atom. The molecule has 146 valence electrons. The summed E-state index contributed by atoms with van der Waals surface area (Å²) >= 11 is 0. The van der Waals surface area contributed by atoms with Gasteiger partial charge in [-0.25, -0.2) is 9.67 Å². The van der Waals surface area contributed by atoms with Crippen molar-refractivity contribution in [3.8, 4) is 0 Å². The highest BCUT2D eigenvalue weighted by Gasteiger charge is 2.18. The van der Waals surface area contributed by atoms with Crippen molar-refractivity contribution in [1.82, 2.24) is 25.1 Å². The zero-order valence-electron chi connectivity index (χ0n) is 16.9. The molecule has 7 heteroatoms. The molecule has 3 aromatic rings. The smallest absolute Gasteiger partial charge is 0.253 e. The third-order valence-corrected chi connectivity index (χ3v) is 4.66. The molecule has 7 nitrogen and oxygen atoms in total. The maximum Gasteiger partial charge on any atom is 0.253 e. The number of nitrogens with one attached hydrogen (secondary N) is 2. The van der Waals surface area contributed by atoms with E-state index in [0.717, 1.165) is 16.8 Å². The quantitative estimate of drug-likeness (QED) is 0.711. The fraction of sp³-hybridized carbons (Fsp3) is 0.333. The van der Waals surface area contributed by atoms with Gasteiger partial charge in [-0.3, -0.25) is 9.59 Å². The molecule has 0 unspecified atom stereocenters. The van der Waals surface area contributed by atoms with Crippen molar-refractivity contribution < 1.29 is 4.79 Å². The monoisotopic (exact) mass is 379 g/mol. The molecule has 0 saturated heterocycles. The molecule has 0 radical (unpaired) electrons. The molecular formula is C21H25N5O2. The van der Waals surface area contributed by atoms with Gasteiger partial charge in [0.1, 0.15) is 0 Å². The molecule has 0 bridgehead atoms. The second-order valence-corrected chi connectivity index (χ2v) is 7.38. The largest absolute Gasteiger partial charge is 0.348 e. The molecule has 1 amide bonds. The number of hydrogen-bond donors (Lipinski definition) is 2. The van der Waals surface area contributed by atoms with Crippen molar-refractivity contribution in [2.45, 2.75) is 47.2 Å². The normalized spacial score (nSPS) is 11.2. The molecule has 0 aliphatic rings. The maximum atomic E-state index is 13.0. The molecule has 0 saturated carbocycles. The van der Waals surface area contributed by atoms with Crippen LogP contribution in [0.2, 0.25) is 0 Å². The Morgan fingerprint density at radius 2 is 2.04 bits per heavy atom. The van der Waals surface area contributed by atoms with Crippen molar-refractivity contribution in [2.24, 2.45) is 0 Å². The predicted octanol–water partition coefficient (Wildman–Crippen LogP) is 3.28. The highest BCUT2D eigenvalue weighted by molar-refractivity contribution is 6.06. The summed E-state index contributed by atoms with van der Waals surface area (Å²) in [7, 11) is 0. The van der Waals surface area contributed by atoms with E-state index in [9.17, 15) is 9.59 Å². The van der Waals surface area contributed by atoms with Gasteiger partial charge in [0, 0.05) is 23.8 Å². The number of carbonyl (C=O) groups is 1. The second kappa shape index (κ2) is 7.42. The minimum Gasteiger partial charge on any atom is -0.348 e. The Morgan fingerprint density at radius 3 is 2.64 bits per heavy atom. The van der Waals surface area contributed by atoms with Gasteiger partial charge in [-0.15, -0.1) is 0 Å². The lowest BCUT2D eigenvalue weighted by Crippen LogP contribution is -2.28. The Kier molecular flexibility index (Phi) is 5.18. The summed E-state index contributed by atoms with van der Waals surface area (Å²) in [6.45, 7) is 13.6. The van der Waals surface area contributed by atoms with Gasteiger partial charge in [-0.2, -0.15) is 5.10 Å². The predicted molar refractivity (Wildman–Crippen MR) is 110 cm³/mol. The number of aromatic nitrogens is 4. The third kappa shape index (κ3) is 3.60. The first-order chi connectivity index (χ1) is 13.2. The van der Waals surface area contributed by atoms with Crippen molar-refractivity contribution in [1.29, 1.82) is 0 Å². The molecule has 0 aliphatic heterocycles. The molecule has 0 spiro atoms. The number of rotatable bonds is 5. The molecule has 3 rings (SSSR count). The number of aryl methyl sites for hydroxylation is 2. The first kappa shape index (κ1) is 19.5. The van der Waals surface area contributed by atoms with Crippen molar-refractivity contribution in [3.63, 3.8) is 0 Å². The Balaban J connectivity index is 2.00. The minimum atomic E-state index is -0.280. The number of nitrogens with zero attached hydrogens (tertiary/aromatic N) is 3. The van der Waals surface area contributed by atoms with E-state index in [4.69, 9.17) is 0 Å². The van der Waals surface area contributed by atoms with Crippen LogP contribution in [-0.2, 0) is 6.54 Å². The number of hydrogen-bond acceptors (Lipinski definition) is 4. The zero-order valence-corrected chi connectivity index (χ0v) is 16.9. The summed E-state index contributed by atoms with van der Waals surface area (Å²) in [5.41, 5.74) is 4.51. The van der Waals surface area contributed by atoms with Crippen LogP contribution in [0.5, 0.6) is 0 Å². The van der Waals surface area contributed by atoms with Crippen molar-refractivity contribution in [3.05, 3.63) is 63.3 Å². The molecule has 2 N–H and O–H groups in total. The summed E-state index contributed by atoms with van der Waals surface area (Å²) in [6.07, 6.45) is 1.66. The van der Waals surface area contributed by atoms with E-state index < -0.39 is 0 Å². The van der Waals surface area contributed by atoms with Gasteiger partial charge < -0.3 is 10.3 Å². The van der Waals surface area contributed by atoms with Crippen LogP contribution >= 0.6 is 0 Å².